The summed E-state index contributed by atoms with van der Waals surface area (Å²) in [5.74, 6) is 0.240. The molecule has 0 aromatic heterocycles. The molecule has 118 valence electrons. The first-order chi connectivity index (χ1) is 11.3. The van der Waals surface area contributed by atoms with Crippen LogP contribution < -0.4 is 0 Å². The quantitative estimate of drug-likeness (QED) is 0.494. The molecule has 1 aliphatic heterocycles. The van der Waals surface area contributed by atoms with Gasteiger partial charge in [0.15, 0.2) is 5.78 Å². The maximum atomic E-state index is 12.1. The smallest absolute Gasteiger partial charge is 0.162 e. The highest BCUT2D eigenvalue weighted by Crippen LogP contribution is 2.30. The van der Waals surface area contributed by atoms with Gasteiger partial charge in [-0.05, 0) is 35.6 Å². The lowest BCUT2D eigenvalue weighted by Gasteiger charge is -2.11. The third-order valence-electron chi connectivity index (χ3n) is 4.29. The molecule has 0 saturated heterocycles. The number of benzene rings is 2. The molecule has 0 amide bonds. The summed E-state index contributed by atoms with van der Waals surface area (Å²) in [5.41, 5.74) is 5.26. The van der Waals surface area contributed by atoms with Crippen molar-refractivity contribution < 1.29 is 4.79 Å². The van der Waals surface area contributed by atoms with E-state index in [-0.39, 0.29) is 5.78 Å². The van der Waals surface area contributed by atoms with Crippen LogP contribution in [0.25, 0.3) is 11.1 Å². The van der Waals surface area contributed by atoms with Gasteiger partial charge in [0.1, 0.15) is 0 Å². The first kappa shape index (κ1) is 15.6. The predicted octanol–water partition coefficient (Wildman–Crippen LogP) is 5.76. The lowest BCUT2D eigenvalue weighted by atomic mass is 9.98. The fraction of sp³-hybridized carbons (Fsp3) is 0.350. The van der Waals surface area contributed by atoms with Crippen LogP contribution in [0.5, 0.6) is 0 Å². The molecule has 1 aliphatic rings. The second kappa shape index (κ2) is 7.32. The highest BCUT2D eigenvalue weighted by molar-refractivity contribution is 5.96. The summed E-state index contributed by atoms with van der Waals surface area (Å²) >= 11 is 0. The van der Waals surface area contributed by atoms with Gasteiger partial charge in [-0.15, -0.1) is 0 Å². The van der Waals surface area contributed by atoms with E-state index >= 15 is 0 Å². The molecule has 23 heavy (non-hydrogen) atoms. The summed E-state index contributed by atoms with van der Waals surface area (Å²) in [6.07, 6.45) is 4.85. The maximum Gasteiger partial charge on any atom is 0.162 e. The van der Waals surface area contributed by atoms with Crippen LogP contribution in [0.2, 0.25) is 0 Å². The molecule has 3 nitrogen and oxygen atoms in total. The van der Waals surface area contributed by atoms with Crippen LogP contribution in [0.4, 0.5) is 5.69 Å². The summed E-state index contributed by atoms with van der Waals surface area (Å²) < 4.78 is 0. The molecule has 0 atom stereocenters. The molecule has 2 aromatic rings. The van der Waals surface area contributed by atoms with Gasteiger partial charge in [0.25, 0.3) is 0 Å². The molecule has 0 N–H and O–H groups in total. The predicted molar refractivity (Wildman–Crippen MR) is 93.4 cm³/mol. The molecule has 0 spiro atoms. The third-order valence-corrected chi connectivity index (χ3v) is 4.29. The van der Waals surface area contributed by atoms with Gasteiger partial charge < -0.3 is 0 Å². The van der Waals surface area contributed by atoms with Crippen molar-refractivity contribution in [3.8, 4) is 11.1 Å². The number of carbonyl (C=O) groups excluding carboxylic acids is 1. The molecule has 0 saturated carbocycles. The molecule has 0 bridgehead atoms. The topological polar surface area (TPSA) is 41.8 Å². The Bertz CT molecular complexity index is 717. The van der Waals surface area contributed by atoms with Crippen molar-refractivity contribution in [2.45, 2.75) is 39.0 Å². The number of hydrogen-bond acceptors (Lipinski definition) is 3. The number of hydrogen-bond donors (Lipinski definition) is 0. The van der Waals surface area contributed by atoms with Gasteiger partial charge in [-0.25, -0.2) is 0 Å². The molecule has 0 fully saturated rings. The van der Waals surface area contributed by atoms with E-state index in [4.69, 9.17) is 0 Å². The number of ketones is 1. The zero-order chi connectivity index (χ0) is 16.1. The Hall–Kier alpha value is -2.29. The Labute approximate surface area is 137 Å². The lowest BCUT2D eigenvalue weighted by Crippen LogP contribution is -1.98. The van der Waals surface area contributed by atoms with E-state index in [2.05, 4.69) is 35.4 Å². The van der Waals surface area contributed by atoms with E-state index < -0.39 is 0 Å². The second-order valence-corrected chi connectivity index (χ2v) is 6.02. The molecule has 3 rings (SSSR count). The first-order valence-corrected chi connectivity index (χ1v) is 8.42. The number of fused-ring (bicyclic) bond motifs is 1. The fourth-order valence-corrected chi connectivity index (χ4v) is 2.87. The number of unbranched alkanes of at least 4 members (excludes halogenated alkanes) is 2. The van der Waals surface area contributed by atoms with Crippen molar-refractivity contribution in [1.29, 1.82) is 0 Å². The van der Waals surface area contributed by atoms with Gasteiger partial charge in [0.05, 0.1) is 12.2 Å². The maximum absolute atomic E-state index is 12.1. The van der Waals surface area contributed by atoms with Crippen LogP contribution in [0.1, 0.15) is 48.5 Å². The normalized spacial score (nSPS) is 12.9. The van der Waals surface area contributed by atoms with E-state index in [1.165, 1.54) is 5.56 Å². The number of rotatable bonds is 6. The molecular formula is C20H22N2O. The zero-order valence-corrected chi connectivity index (χ0v) is 13.6. The van der Waals surface area contributed by atoms with E-state index in [1.54, 1.807) is 0 Å². The van der Waals surface area contributed by atoms with Crippen molar-refractivity contribution in [2.75, 3.05) is 6.54 Å². The van der Waals surface area contributed by atoms with Crippen molar-refractivity contribution in [3.63, 3.8) is 0 Å². The minimum absolute atomic E-state index is 0.240. The molecule has 1 heterocycles. The average molecular weight is 306 g/mol. The van der Waals surface area contributed by atoms with Gasteiger partial charge in [-0.3, -0.25) is 4.79 Å². The first-order valence-electron chi connectivity index (χ1n) is 8.42. The van der Waals surface area contributed by atoms with E-state index in [1.807, 2.05) is 24.3 Å². The molecular weight excluding hydrogens is 284 g/mol. The summed E-state index contributed by atoms with van der Waals surface area (Å²) in [4.78, 5) is 12.1. The molecule has 3 heteroatoms. The van der Waals surface area contributed by atoms with Crippen LogP contribution >= 0.6 is 0 Å². The second-order valence-electron chi connectivity index (χ2n) is 6.02. The third kappa shape index (κ3) is 3.73. The number of nitrogens with zero attached hydrogens (tertiary/aromatic N) is 2. The SMILES string of the molecule is CCCCCC(=O)c1ccc(-c2ccc3c(c2)N=NCC3)cc1. The molecule has 0 unspecified atom stereocenters. The summed E-state index contributed by atoms with van der Waals surface area (Å²) in [5, 5.41) is 8.34. The Morgan fingerprint density at radius 3 is 2.61 bits per heavy atom. The van der Waals surface area contributed by atoms with Gasteiger partial charge in [-0.2, -0.15) is 10.2 Å². The zero-order valence-electron chi connectivity index (χ0n) is 13.6. The summed E-state index contributed by atoms with van der Waals surface area (Å²) in [6, 6.07) is 14.2. The van der Waals surface area contributed by atoms with Gasteiger partial charge in [-0.1, -0.05) is 56.2 Å². The average Bonchev–Trinajstić information content (AvgIpc) is 2.61. The van der Waals surface area contributed by atoms with Crippen molar-refractivity contribution in [1.82, 2.24) is 0 Å². The Balaban J connectivity index is 1.75. The standard InChI is InChI=1S/C20H22N2O/c1-2-3-4-5-20(23)17-9-6-15(7-10-17)18-11-8-16-12-13-21-22-19(16)14-18/h6-11,14H,2-5,12-13H2,1H3. The van der Waals surface area contributed by atoms with Crippen molar-refractivity contribution in [3.05, 3.63) is 53.6 Å². The lowest BCUT2D eigenvalue weighted by molar-refractivity contribution is 0.0979. The Kier molecular flexibility index (Phi) is 4.96. The van der Waals surface area contributed by atoms with Gasteiger partial charge in [0, 0.05) is 12.0 Å². The molecule has 2 aromatic carbocycles. The van der Waals surface area contributed by atoms with Crippen LogP contribution in [0, 0.1) is 0 Å². The van der Waals surface area contributed by atoms with Crippen LogP contribution in [-0.4, -0.2) is 12.3 Å². The monoisotopic (exact) mass is 306 g/mol. The minimum atomic E-state index is 0.240. The Morgan fingerprint density at radius 2 is 1.83 bits per heavy atom. The summed E-state index contributed by atoms with van der Waals surface area (Å²) in [6.45, 7) is 2.93. The van der Waals surface area contributed by atoms with Crippen LogP contribution in [0.3, 0.4) is 0 Å². The number of azo groups is 1. The van der Waals surface area contributed by atoms with E-state index in [9.17, 15) is 4.79 Å². The van der Waals surface area contributed by atoms with Crippen molar-refractivity contribution >= 4 is 11.5 Å². The number of carbonyl (C=O) groups is 1. The van der Waals surface area contributed by atoms with Crippen LogP contribution in [0.15, 0.2) is 52.7 Å². The van der Waals surface area contributed by atoms with Gasteiger partial charge in [0.2, 0.25) is 0 Å². The van der Waals surface area contributed by atoms with E-state index in [0.717, 1.165) is 54.6 Å². The van der Waals surface area contributed by atoms with Crippen LogP contribution in [-0.2, 0) is 6.42 Å². The van der Waals surface area contributed by atoms with E-state index in [0.29, 0.717) is 6.42 Å². The van der Waals surface area contributed by atoms with Crippen molar-refractivity contribution in [2.24, 2.45) is 10.2 Å². The Morgan fingerprint density at radius 1 is 1.04 bits per heavy atom. The largest absolute Gasteiger partial charge is 0.294 e. The number of Topliss-reactive ketones (excluding diaryl/α,β-unsaturated/α-hetero) is 1. The molecule has 0 aliphatic carbocycles. The molecule has 0 radical (unpaired) electrons. The fourth-order valence-electron chi connectivity index (χ4n) is 2.87. The summed E-state index contributed by atoms with van der Waals surface area (Å²) in [7, 11) is 0. The van der Waals surface area contributed by atoms with Gasteiger partial charge >= 0.3 is 0 Å². The highest BCUT2D eigenvalue weighted by atomic mass is 16.1. The highest BCUT2D eigenvalue weighted by Gasteiger charge is 2.09. The minimum Gasteiger partial charge on any atom is -0.294 e.